The summed E-state index contributed by atoms with van der Waals surface area (Å²) in [6.07, 6.45) is 2.05. The molecule has 0 radical (unpaired) electrons. The summed E-state index contributed by atoms with van der Waals surface area (Å²) < 4.78 is 15.5. The number of piperidine rings is 1. The average Bonchev–Trinajstić information content (AvgIpc) is 3.25. The van der Waals surface area contributed by atoms with Gasteiger partial charge in [0.25, 0.3) is 11.6 Å². The highest BCUT2D eigenvalue weighted by Crippen LogP contribution is 2.34. The van der Waals surface area contributed by atoms with Crippen molar-refractivity contribution in [3.8, 4) is 11.5 Å². The Morgan fingerprint density at radius 3 is 2.81 bits per heavy atom. The molecule has 2 aliphatic heterocycles. The van der Waals surface area contributed by atoms with E-state index in [1.54, 1.807) is 24.3 Å². The summed E-state index contributed by atoms with van der Waals surface area (Å²) in [6.45, 7) is 3.15. The number of benzene rings is 2. The molecule has 10 nitrogen and oxygen atoms in total. The largest absolute Gasteiger partial charge is 0.454 e. The Labute approximate surface area is 184 Å². The minimum absolute atomic E-state index is 0.0152. The van der Waals surface area contributed by atoms with Crippen molar-refractivity contribution in [3.05, 3.63) is 52.1 Å². The highest BCUT2D eigenvalue weighted by atomic mass is 16.7. The van der Waals surface area contributed by atoms with Gasteiger partial charge in [0.05, 0.1) is 10.5 Å². The van der Waals surface area contributed by atoms with Gasteiger partial charge < -0.3 is 24.4 Å². The molecule has 1 amide bonds. The number of rotatable bonds is 6. The second-order valence-electron chi connectivity index (χ2n) is 7.85. The molecule has 0 bridgehead atoms. The molecule has 2 aromatic carbocycles. The first-order valence-electron chi connectivity index (χ1n) is 10.3. The van der Waals surface area contributed by atoms with Crippen LogP contribution < -0.4 is 19.7 Å². The minimum Gasteiger partial charge on any atom is -0.454 e. The van der Waals surface area contributed by atoms with Crippen LogP contribution in [0.3, 0.4) is 0 Å². The van der Waals surface area contributed by atoms with Gasteiger partial charge in [0, 0.05) is 30.9 Å². The summed E-state index contributed by atoms with van der Waals surface area (Å²) in [6, 6.07) is 9.15. The molecule has 4 rings (SSSR count). The van der Waals surface area contributed by atoms with Crippen molar-refractivity contribution < 1.29 is 28.7 Å². The van der Waals surface area contributed by atoms with Gasteiger partial charge in [0.15, 0.2) is 18.1 Å². The third-order valence-corrected chi connectivity index (χ3v) is 5.40. The van der Waals surface area contributed by atoms with E-state index < -0.39 is 23.4 Å². The first-order valence-corrected chi connectivity index (χ1v) is 10.3. The third-order valence-electron chi connectivity index (χ3n) is 5.40. The number of esters is 1. The fourth-order valence-corrected chi connectivity index (χ4v) is 3.86. The Bertz CT molecular complexity index is 1060. The number of nitrogens with zero attached hydrogens (tertiary/aromatic N) is 2. The number of nitrogens with one attached hydrogen (secondary N) is 1. The lowest BCUT2D eigenvalue weighted by Gasteiger charge is -2.32. The molecule has 2 heterocycles. The van der Waals surface area contributed by atoms with Crippen LogP contribution in [0, 0.1) is 16.0 Å². The van der Waals surface area contributed by atoms with Gasteiger partial charge in [-0.25, -0.2) is 4.79 Å². The number of carbonyl (C=O) groups is 2. The smallest absolute Gasteiger partial charge is 0.338 e. The van der Waals surface area contributed by atoms with Crippen LogP contribution in [0.4, 0.5) is 17.1 Å². The van der Waals surface area contributed by atoms with Crippen LogP contribution in [0.25, 0.3) is 0 Å². The second kappa shape index (κ2) is 9.13. The predicted molar refractivity (Wildman–Crippen MR) is 115 cm³/mol. The zero-order valence-electron chi connectivity index (χ0n) is 17.5. The standard InChI is InChI=1S/C22H23N3O7/c1-14-3-2-8-24(11-14)17-6-4-15(9-18(17)25(28)29)22(27)30-12-21(26)23-16-5-7-19-20(10-16)32-13-31-19/h4-7,9-10,14H,2-3,8,11-13H2,1H3,(H,23,26)/t14-/m0/s1. The molecule has 1 N–H and O–H groups in total. The molecule has 10 heteroatoms. The van der Waals surface area contributed by atoms with Crippen molar-refractivity contribution in [2.24, 2.45) is 5.92 Å². The molecule has 0 spiro atoms. The molecule has 0 aliphatic carbocycles. The van der Waals surface area contributed by atoms with Crippen LogP contribution in [0.15, 0.2) is 36.4 Å². The molecule has 1 atom stereocenters. The van der Waals surface area contributed by atoms with Crippen LogP contribution in [-0.4, -0.2) is 43.3 Å². The van der Waals surface area contributed by atoms with Crippen molar-refractivity contribution in [3.63, 3.8) is 0 Å². The number of nitro groups is 1. The number of hydrogen-bond donors (Lipinski definition) is 1. The lowest BCUT2D eigenvalue weighted by atomic mass is 9.99. The fourth-order valence-electron chi connectivity index (χ4n) is 3.86. The summed E-state index contributed by atoms with van der Waals surface area (Å²) in [5.74, 6) is 0.170. The van der Waals surface area contributed by atoms with Crippen LogP contribution in [-0.2, 0) is 9.53 Å². The Morgan fingerprint density at radius 2 is 2.03 bits per heavy atom. The minimum atomic E-state index is -0.813. The second-order valence-corrected chi connectivity index (χ2v) is 7.85. The van der Waals surface area contributed by atoms with E-state index in [-0.39, 0.29) is 18.0 Å². The van der Waals surface area contributed by atoms with Gasteiger partial charge in [0.2, 0.25) is 6.79 Å². The van der Waals surface area contributed by atoms with E-state index >= 15 is 0 Å². The Hall–Kier alpha value is -3.82. The Kier molecular flexibility index (Phi) is 6.11. The van der Waals surface area contributed by atoms with Crippen molar-refractivity contribution in [1.82, 2.24) is 0 Å². The quantitative estimate of drug-likeness (QED) is 0.412. The zero-order valence-corrected chi connectivity index (χ0v) is 17.5. The lowest BCUT2D eigenvalue weighted by Crippen LogP contribution is -2.34. The summed E-state index contributed by atoms with van der Waals surface area (Å²) in [5, 5.41) is 14.2. The molecule has 0 saturated carbocycles. The van der Waals surface area contributed by atoms with Crippen LogP contribution in [0.1, 0.15) is 30.1 Å². The molecule has 1 saturated heterocycles. The number of ether oxygens (including phenoxy) is 3. The molecule has 0 unspecified atom stereocenters. The van der Waals surface area contributed by atoms with E-state index in [0.29, 0.717) is 28.8 Å². The maximum absolute atomic E-state index is 12.4. The van der Waals surface area contributed by atoms with Crippen molar-refractivity contribution in [2.75, 3.05) is 36.7 Å². The summed E-state index contributed by atoms with van der Waals surface area (Å²) in [4.78, 5) is 37.6. The van der Waals surface area contributed by atoms with E-state index in [1.165, 1.54) is 12.1 Å². The topological polar surface area (TPSA) is 120 Å². The number of fused-ring (bicyclic) bond motifs is 1. The highest BCUT2D eigenvalue weighted by Gasteiger charge is 2.25. The first kappa shape index (κ1) is 21.4. The summed E-state index contributed by atoms with van der Waals surface area (Å²) in [7, 11) is 0. The summed E-state index contributed by atoms with van der Waals surface area (Å²) >= 11 is 0. The third kappa shape index (κ3) is 4.74. The number of nitro benzene ring substituents is 1. The number of carbonyl (C=O) groups excluding carboxylic acids is 2. The van der Waals surface area contributed by atoms with Crippen LogP contribution >= 0.6 is 0 Å². The van der Waals surface area contributed by atoms with E-state index in [1.807, 2.05) is 4.90 Å². The first-order chi connectivity index (χ1) is 15.4. The van der Waals surface area contributed by atoms with Crippen molar-refractivity contribution >= 4 is 28.9 Å². The van der Waals surface area contributed by atoms with E-state index in [2.05, 4.69) is 12.2 Å². The van der Waals surface area contributed by atoms with Crippen molar-refractivity contribution in [2.45, 2.75) is 19.8 Å². The van der Waals surface area contributed by atoms with E-state index in [9.17, 15) is 19.7 Å². The average molecular weight is 441 g/mol. The SMILES string of the molecule is C[C@H]1CCCN(c2ccc(C(=O)OCC(=O)Nc3ccc4c(c3)OCO4)cc2[N+](=O)[O-])C1. The highest BCUT2D eigenvalue weighted by molar-refractivity contribution is 5.96. The normalized spacial score (nSPS) is 17.0. The molecule has 1 fully saturated rings. The molecule has 2 aliphatic rings. The van der Waals surface area contributed by atoms with Crippen LogP contribution in [0.5, 0.6) is 11.5 Å². The van der Waals surface area contributed by atoms with Gasteiger partial charge in [-0.05, 0) is 43.0 Å². The van der Waals surface area contributed by atoms with Gasteiger partial charge in [-0.1, -0.05) is 6.92 Å². The molecule has 32 heavy (non-hydrogen) atoms. The monoisotopic (exact) mass is 441 g/mol. The van der Waals surface area contributed by atoms with Gasteiger partial charge in [-0.2, -0.15) is 0 Å². The number of amides is 1. The fraction of sp³-hybridized carbons (Fsp3) is 0.364. The van der Waals surface area contributed by atoms with Gasteiger partial charge >= 0.3 is 5.97 Å². The van der Waals surface area contributed by atoms with E-state index in [0.717, 1.165) is 25.9 Å². The van der Waals surface area contributed by atoms with E-state index in [4.69, 9.17) is 14.2 Å². The number of hydrogen-bond acceptors (Lipinski definition) is 8. The molecular weight excluding hydrogens is 418 g/mol. The maximum Gasteiger partial charge on any atom is 0.338 e. The Balaban J connectivity index is 1.39. The van der Waals surface area contributed by atoms with Gasteiger partial charge in [0.1, 0.15) is 5.69 Å². The molecule has 0 aromatic heterocycles. The van der Waals surface area contributed by atoms with Gasteiger partial charge in [-0.15, -0.1) is 0 Å². The van der Waals surface area contributed by atoms with Gasteiger partial charge in [-0.3, -0.25) is 14.9 Å². The zero-order chi connectivity index (χ0) is 22.7. The summed E-state index contributed by atoms with van der Waals surface area (Å²) in [5.41, 5.74) is 0.810. The maximum atomic E-state index is 12.4. The number of anilines is 2. The van der Waals surface area contributed by atoms with Crippen LogP contribution in [0.2, 0.25) is 0 Å². The molecule has 2 aromatic rings. The predicted octanol–water partition coefficient (Wildman–Crippen LogP) is 3.36. The molecule has 168 valence electrons. The van der Waals surface area contributed by atoms with Crippen molar-refractivity contribution in [1.29, 1.82) is 0 Å². The molecular formula is C22H23N3O7. The Morgan fingerprint density at radius 1 is 1.22 bits per heavy atom. The lowest BCUT2D eigenvalue weighted by molar-refractivity contribution is -0.384.